The second-order valence-electron chi connectivity index (χ2n) is 6.11. The van der Waals surface area contributed by atoms with E-state index in [2.05, 4.69) is 52.5 Å². The second kappa shape index (κ2) is 8.53. The summed E-state index contributed by atoms with van der Waals surface area (Å²) < 4.78 is 5.45. The Morgan fingerprint density at radius 2 is 1.96 bits per heavy atom. The van der Waals surface area contributed by atoms with Gasteiger partial charge in [0, 0.05) is 24.5 Å². The molecule has 25 heavy (non-hydrogen) atoms. The van der Waals surface area contributed by atoms with Crippen LogP contribution in [-0.4, -0.2) is 32.3 Å². The zero-order valence-corrected chi connectivity index (χ0v) is 14.7. The number of ether oxygens (including phenoxy) is 1. The molecule has 1 aliphatic heterocycles. The summed E-state index contributed by atoms with van der Waals surface area (Å²) in [5, 5.41) is 3.18. The van der Waals surface area contributed by atoms with Gasteiger partial charge in [-0.1, -0.05) is 37.3 Å². The number of nitrogens with two attached hydrogens (primary N) is 1. The first-order valence-electron chi connectivity index (χ1n) is 8.82. The van der Waals surface area contributed by atoms with Crippen LogP contribution >= 0.6 is 0 Å². The SMILES string of the molecule is CCc1cccc(NC(N)=NCc2ccccc2N2CCOCC2)c1. The van der Waals surface area contributed by atoms with Crippen LogP contribution in [0.2, 0.25) is 0 Å². The summed E-state index contributed by atoms with van der Waals surface area (Å²) in [6, 6.07) is 16.6. The van der Waals surface area contributed by atoms with Gasteiger partial charge in [-0.25, -0.2) is 4.99 Å². The van der Waals surface area contributed by atoms with E-state index in [1.165, 1.54) is 16.8 Å². The van der Waals surface area contributed by atoms with Gasteiger partial charge in [0.2, 0.25) is 0 Å². The highest BCUT2D eigenvalue weighted by molar-refractivity contribution is 5.92. The zero-order valence-electron chi connectivity index (χ0n) is 14.7. The van der Waals surface area contributed by atoms with Crippen molar-refractivity contribution < 1.29 is 4.74 Å². The van der Waals surface area contributed by atoms with Crippen molar-refractivity contribution in [3.8, 4) is 0 Å². The fraction of sp³-hybridized carbons (Fsp3) is 0.350. The molecular weight excluding hydrogens is 312 g/mol. The number of nitrogens with zero attached hydrogens (tertiary/aromatic N) is 2. The summed E-state index contributed by atoms with van der Waals surface area (Å²) in [4.78, 5) is 6.88. The molecule has 1 heterocycles. The third-order valence-corrected chi connectivity index (χ3v) is 4.37. The van der Waals surface area contributed by atoms with Crippen LogP contribution in [0.15, 0.2) is 53.5 Å². The Morgan fingerprint density at radius 3 is 2.76 bits per heavy atom. The summed E-state index contributed by atoms with van der Waals surface area (Å²) >= 11 is 0. The van der Waals surface area contributed by atoms with Crippen molar-refractivity contribution in [1.29, 1.82) is 0 Å². The first-order valence-corrected chi connectivity index (χ1v) is 8.82. The van der Waals surface area contributed by atoms with E-state index in [0.717, 1.165) is 38.4 Å². The molecular formula is C20H26N4O. The standard InChI is InChI=1S/C20H26N4O/c1-2-16-6-5-8-18(14-16)23-20(21)22-15-17-7-3-4-9-19(17)24-10-12-25-13-11-24/h3-9,14H,2,10-13,15H2,1H3,(H3,21,22,23). The number of anilines is 2. The van der Waals surface area contributed by atoms with Crippen molar-refractivity contribution in [1.82, 2.24) is 0 Å². The van der Waals surface area contributed by atoms with Crippen LogP contribution in [0.5, 0.6) is 0 Å². The average Bonchev–Trinajstić information content (AvgIpc) is 2.67. The number of benzene rings is 2. The lowest BCUT2D eigenvalue weighted by molar-refractivity contribution is 0.122. The Hall–Kier alpha value is -2.53. The zero-order chi connectivity index (χ0) is 17.5. The van der Waals surface area contributed by atoms with Gasteiger partial charge in [-0.2, -0.15) is 0 Å². The summed E-state index contributed by atoms with van der Waals surface area (Å²) in [5.41, 5.74) is 10.7. The molecule has 3 N–H and O–H groups in total. The van der Waals surface area contributed by atoms with Gasteiger partial charge in [-0.05, 0) is 35.7 Å². The molecule has 0 unspecified atom stereocenters. The van der Waals surface area contributed by atoms with Crippen molar-refractivity contribution in [3.05, 3.63) is 59.7 Å². The number of para-hydroxylation sites is 1. The molecule has 5 nitrogen and oxygen atoms in total. The number of rotatable bonds is 5. The van der Waals surface area contributed by atoms with Crippen molar-refractivity contribution in [2.75, 3.05) is 36.5 Å². The molecule has 1 aliphatic rings. The first kappa shape index (κ1) is 17.3. The summed E-state index contributed by atoms with van der Waals surface area (Å²) in [7, 11) is 0. The van der Waals surface area contributed by atoms with E-state index in [4.69, 9.17) is 10.5 Å². The monoisotopic (exact) mass is 338 g/mol. The molecule has 0 bridgehead atoms. The normalized spacial score (nSPS) is 15.2. The minimum absolute atomic E-state index is 0.435. The van der Waals surface area contributed by atoms with Crippen molar-refractivity contribution >= 4 is 17.3 Å². The first-order chi connectivity index (χ1) is 12.3. The van der Waals surface area contributed by atoms with E-state index in [1.807, 2.05) is 18.2 Å². The molecule has 0 amide bonds. The van der Waals surface area contributed by atoms with E-state index in [1.54, 1.807) is 0 Å². The highest BCUT2D eigenvalue weighted by Gasteiger charge is 2.14. The Morgan fingerprint density at radius 1 is 1.16 bits per heavy atom. The van der Waals surface area contributed by atoms with E-state index in [0.29, 0.717) is 12.5 Å². The molecule has 0 spiro atoms. The number of hydrogen-bond acceptors (Lipinski definition) is 3. The van der Waals surface area contributed by atoms with Gasteiger partial charge in [0.15, 0.2) is 5.96 Å². The highest BCUT2D eigenvalue weighted by Crippen LogP contribution is 2.22. The van der Waals surface area contributed by atoms with Gasteiger partial charge in [-0.15, -0.1) is 0 Å². The van der Waals surface area contributed by atoms with E-state index in [-0.39, 0.29) is 0 Å². The molecule has 1 saturated heterocycles. The number of nitrogens with one attached hydrogen (secondary N) is 1. The van der Waals surface area contributed by atoms with Crippen LogP contribution in [0.4, 0.5) is 11.4 Å². The van der Waals surface area contributed by atoms with Crippen LogP contribution in [0.3, 0.4) is 0 Å². The Balaban J connectivity index is 1.68. The molecule has 0 saturated carbocycles. The topological polar surface area (TPSA) is 62.9 Å². The van der Waals surface area contributed by atoms with E-state index < -0.39 is 0 Å². The molecule has 0 aliphatic carbocycles. The number of guanidine groups is 1. The number of aliphatic imine (C=N–C) groups is 1. The predicted octanol–water partition coefficient (Wildman–Crippen LogP) is 3.01. The summed E-state index contributed by atoms with van der Waals surface area (Å²) in [6.07, 6.45) is 0.999. The van der Waals surface area contributed by atoms with E-state index >= 15 is 0 Å². The van der Waals surface area contributed by atoms with Crippen molar-refractivity contribution in [3.63, 3.8) is 0 Å². The number of morpholine rings is 1. The second-order valence-corrected chi connectivity index (χ2v) is 6.11. The van der Waals surface area contributed by atoms with Gasteiger partial charge in [-0.3, -0.25) is 0 Å². The molecule has 132 valence electrons. The molecule has 5 heteroatoms. The third kappa shape index (κ3) is 4.73. The summed E-state index contributed by atoms with van der Waals surface area (Å²) in [6.45, 7) is 6.07. The molecule has 0 radical (unpaired) electrons. The van der Waals surface area contributed by atoms with E-state index in [9.17, 15) is 0 Å². The smallest absolute Gasteiger partial charge is 0.193 e. The lowest BCUT2D eigenvalue weighted by Gasteiger charge is -2.30. The van der Waals surface area contributed by atoms with Gasteiger partial charge in [0.25, 0.3) is 0 Å². The van der Waals surface area contributed by atoms with Gasteiger partial charge in [0.05, 0.1) is 19.8 Å². The van der Waals surface area contributed by atoms with Crippen molar-refractivity contribution in [2.45, 2.75) is 19.9 Å². The van der Waals surface area contributed by atoms with Gasteiger partial charge < -0.3 is 20.7 Å². The van der Waals surface area contributed by atoms with Crippen LogP contribution in [0.1, 0.15) is 18.1 Å². The van der Waals surface area contributed by atoms with Crippen LogP contribution < -0.4 is 16.0 Å². The Bertz CT molecular complexity index is 723. The largest absolute Gasteiger partial charge is 0.378 e. The lowest BCUT2D eigenvalue weighted by atomic mass is 10.1. The van der Waals surface area contributed by atoms with Crippen molar-refractivity contribution in [2.24, 2.45) is 10.7 Å². The maximum atomic E-state index is 6.08. The quantitative estimate of drug-likeness (QED) is 0.650. The van der Waals surface area contributed by atoms with Crippen LogP contribution in [-0.2, 0) is 17.7 Å². The highest BCUT2D eigenvalue weighted by atomic mass is 16.5. The molecule has 2 aromatic rings. The minimum Gasteiger partial charge on any atom is -0.378 e. The molecule has 2 aromatic carbocycles. The molecule has 3 rings (SSSR count). The molecule has 0 aromatic heterocycles. The lowest BCUT2D eigenvalue weighted by Crippen LogP contribution is -2.36. The van der Waals surface area contributed by atoms with Crippen LogP contribution in [0, 0.1) is 0 Å². The van der Waals surface area contributed by atoms with Gasteiger partial charge >= 0.3 is 0 Å². The molecule has 0 atom stereocenters. The maximum absolute atomic E-state index is 6.08. The number of hydrogen-bond donors (Lipinski definition) is 2. The molecule has 1 fully saturated rings. The fourth-order valence-electron chi connectivity index (χ4n) is 2.98. The number of aryl methyl sites for hydroxylation is 1. The summed E-state index contributed by atoms with van der Waals surface area (Å²) in [5.74, 6) is 0.435. The van der Waals surface area contributed by atoms with Gasteiger partial charge in [0.1, 0.15) is 0 Å². The van der Waals surface area contributed by atoms with Crippen LogP contribution in [0.25, 0.3) is 0 Å². The minimum atomic E-state index is 0.435. The fourth-order valence-corrected chi connectivity index (χ4v) is 2.98. The predicted molar refractivity (Wildman–Crippen MR) is 104 cm³/mol. The Labute approximate surface area is 149 Å². The average molecular weight is 338 g/mol. The maximum Gasteiger partial charge on any atom is 0.193 e. The Kier molecular flexibility index (Phi) is 5.90. The third-order valence-electron chi connectivity index (χ3n) is 4.37.